The van der Waals surface area contributed by atoms with Crippen molar-refractivity contribution in [3.05, 3.63) is 71.8 Å². The van der Waals surface area contributed by atoms with Crippen molar-refractivity contribution in [1.82, 2.24) is 5.32 Å². The SMILES string of the molecule is COc1ccc(OC)c(CNC(C)c2cccc3ccccc23)c1. The van der Waals surface area contributed by atoms with E-state index in [2.05, 4.69) is 54.7 Å². The molecule has 0 radical (unpaired) electrons. The average Bonchev–Trinajstić information content (AvgIpc) is 2.65. The molecular weight excluding hydrogens is 298 g/mol. The average molecular weight is 321 g/mol. The Morgan fingerprint density at radius 2 is 1.71 bits per heavy atom. The van der Waals surface area contributed by atoms with E-state index in [4.69, 9.17) is 9.47 Å². The summed E-state index contributed by atoms with van der Waals surface area (Å²) in [6, 6.07) is 21.0. The second-order valence-corrected chi connectivity index (χ2v) is 5.85. The summed E-state index contributed by atoms with van der Waals surface area (Å²) < 4.78 is 10.8. The highest BCUT2D eigenvalue weighted by molar-refractivity contribution is 5.86. The molecule has 1 N–H and O–H groups in total. The maximum atomic E-state index is 5.46. The largest absolute Gasteiger partial charge is 0.497 e. The van der Waals surface area contributed by atoms with Crippen molar-refractivity contribution in [2.45, 2.75) is 19.5 Å². The van der Waals surface area contributed by atoms with Crippen LogP contribution in [0, 0.1) is 0 Å². The summed E-state index contributed by atoms with van der Waals surface area (Å²) in [7, 11) is 3.37. The van der Waals surface area contributed by atoms with Gasteiger partial charge in [-0.25, -0.2) is 0 Å². The van der Waals surface area contributed by atoms with E-state index in [9.17, 15) is 0 Å². The zero-order chi connectivity index (χ0) is 16.9. The van der Waals surface area contributed by atoms with E-state index in [0.717, 1.165) is 17.1 Å². The summed E-state index contributed by atoms with van der Waals surface area (Å²) in [5, 5.41) is 6.15. The number of hydrogen-bond acceptors (Lipinski definition) is 3. The molecule has 0 saturated heterocycles. The van der Waals surface area contributed by atoms with Crippen molar-refractivity contribution in [2.75, 3.05) is 14.2 Å². The van der Waals surface area contributed by atoms with Crippen LogP contribution < -0.4 is 14.8 Å². The minimum absolute atomic E-state index is 0.229. The van der Waals surface area contributed by atoms with Crippen molar-refractivity contribution in [1.29, 1.82) is 0 Å². The van der Waals surface area contributed by atoms with Crippen LogP contribution in [0.25, 0.3) is 10.8 Å². The summed E-state index contributed by atoms with van der Waals surface area (Å²) in [6.45, 7) is 2.90. The van der Waals surface area contributed by atoms with Crippen LogP contribution in [-0.4, -0.2) is 14.2 Å². The molecule has 124 valence electrons. The Hall–Kier alpha value is -2.52. The van der Waals surface area contributed by atoms with Crippen LogP contribution in [0.15, 0.2) is 60.7 Å². The number of ether oxygens (including phenoxy) is 2. The number of benzene rings is 3. The predicted octanol–water partition coefficient (Wildman–Crippen LogP) is 4.71. The molecule has 0 amide bonds. The van der Waals surface area contributed by atoms with Gasteiger partial charge in [0.2, 0.25) is 0 Å². The molecule has 3 heteroatoms. The quantitative estimate of drug-likeness (QED) is 0.713. The Balaban J connectivity index is 1.81. The Kier molecular flexibility index (Phi) is 5.02. The Labute approximate surface area is 143 Å². The first kappa shape index (κ1) is 16.3. The molecule has 0 heterocycles. The van der Waals surface area contributed by atoms with Gasteiger partial charge in [-0.2, -0.15) is 0 Å². The molecule has 3 nitrogen and oxygen atoms in total. The third-order valence-electron chi connectivity index (χ3n) is 4.38. The lowest BCUT2D eigenvalue weighted by Crippen LogP contribution is -2.18. The van der Waals surface area contributed by atoms with Gasteiger partial charge in [0.15, 0.2) is 0 Å². The van der Waals surface area contributed by atoms with Gasteiger partial charge in [0.25, 0.3) is 0 Å². The predicted molar refractivity (Wildman–Crippen MR) is 98.7 cm³/mol. The minimum Gasteiger partial charge on any atom is -0.497 e. The van der Waals surface area contributed by atoms with E-state index in [0.29, 0.717) is 6.54 Å². The molecule has 0 aliphatic rings. The molecule has 3 aromatic carbocycles. The lowest BCUT2D eigenvalue weighted by atomic mass is 9.99. The summed E-state index contributed by atoms with van der Waals surface area (Å²) in [6.07, 6.45) is 0. The van der Waals surface area contributed by atoms with E-state index in [1.807, 2.05) is 18.2 Å². The smallest absolute Gasteiger partial charge is 0.123 e. The minimum atomic E-state index is 0.229. The molecule has 0 saturated carbocycles. The van der Waals surface area contributed by atoms with Gasteiger partial charge in [-0.1, -0.05) is 42.5 Å². The third kappa shape index (κ3) is 3.36. The van der Waals surface area contributed by atoms with E-state index in [1.165, 1.54) is 16.3 Å². The van der Waals surface area contributed by atoms with E-state index in [1.54, 1.807) is 14.2 Å². The molecule has 0 spiro atoms. The van der Waals surface area contributed by atoms with Crippen LogP contribution in [0.3, 0.4) is 0 Å². The zero-order valence-corrected chi connectivity index (χ0v) is 14.4. The van der Waals surface area contributed by atoms with Gasteiger partial charge < -0.3 is 14.8 Å². The van der Waals surface area contributed by atoms with Crippen LogP contribution in [0.5, 0.6) is 11.5 Å². The van der Waals surface area contributed by atoms with E-state index < -0.39 is 0 Å². The summed E-state index contributed by atoms with van der Waals surface area (Å²) in [5.74, 6) is 1.71. The summed E-state index contributed by atoms with van der Waals surface area (Å²) >= 11 is 0. The Bertz CT molecular complexity index is 824. The van der Waals surface area contributed by atoms with Crippen LogP contribution in [-0.2, 0) is 6.54 Å². The van der Waals surface area contributed by atoms with Crippen molar-refractivity contribution < 1.29 is 9.47 Å². The zero-order valence-electron chi connectivity index (χ0n) is 14.4. The van der Waals surface area contributed by atoms with Gasteiger partial charge in [-0.05, 0) is 41.5 Å². The van der Waals surface area contributed by atoms with Gasteiger partial charge >= 0.3 is 0 Å². The maximum absolute atomic E-state index is 5.46. The number of fused-ring (bicyclic) bond motifs is 1. The van der Waals surface area contributed by atoms with Crippen LogP contribution >= 0.6 is 0 Å². The maximum Gasteiger partial charge on any atom is 0.123 e. The highest BCUT2D eigenvalue weighted by Crippen LogP contribution is 2.27. The van der Waals surface area contributed by atoms with Crippen LogP contribution in [0.2, 0.25) is 0 Å². The second kappa shape index (κ2) is 7.37. The van der Waals surface area contributed by atoms with Crippen molar-refractivity contribution in [3.8, 4) is 11.5 Å². The van der Waals surface area contributed by atoms with Crippen molar-refractivity contribution in [3.63, 3.8) is 0 Å². The number of methoxy groups -OCH3 is 2. The number of rotatable bonds is 6. The van der Waals surface area contributed by atoms with Crippen LogP contribution in [0.1, 0.15) is 24.1 Å². The van der Waals surface area contributed by atoms with Gasteiger partial charge in [-0.3, -0.25) is 0 Å². The molecule has 24 heavy (non-hydrogen) atoms. The second-order valence-electron chi connectivity index (χ2n) is 5.85. The highest BCUT2D eigenvalue weighted by Gasteiger charge is 2.11. The van der Waals surface area contributed by atoms with Gasteiger partial charge in [-0.15, -0.1) is 0 Å². The fourth-order valence-electron chi connectivity index (χ4n) is 3.02. The van der Waals surface area contributed by atoms with E-state index >= 15 is 0 Å². The third-order valence-corrected chi connectivity index (χ3v) is 4.38. The summed E-state index contributed by atoms with van der Waals surface area (Å²) in [4.78, 5) is 0. The topological polar surface area (TPSA) is 30.5 Å². The normalized spacial score (nSPS) is 12.1. The number of nitrogens with one attached hydrogen (secondary N) is 1. The molecular formula is C21H23NO2. The van der Waals surface area contributed by atoms with Gasteiger partial charge in [0.1, 0.15) is 11.5 Å². The summed E-state index contributed by atoms with van der Waals surface area (Å²) in [5.41, 5.74) is 2.39. The molecule has 1 atom stereocenters. The van der Waals surface area contributed by atoms with Crippen molar-refractivity contribution in [2.24, 2.45) is 0 Å². The molecule has 0 fully saturated rings. The highest BCUT2D eigenvalue weighted by atomic mass is 16.5. The molecule has 0 aliphatic carbocycles. The van der Waals surface area contributed by atoms with Gasteiger partial charge in [0.05, 0.1) is 14.2 Å². The van der Waals surface area contributed by atoms with E-state index in [-0.39, 0.29) is 6.04 Å². The number of hydrogen-bond donors (Lipinski definition) is 1. The lowest BCUT2D eigenvalue weighted by molar-refractivity contribution is 0.395. The fraction of sp³-hybridized carbons (Fsp3) is 0.238. The van der Waals surface area contributed by atoms with Gasteiger partial charge in [0, 0.05) is 18.2 Å². The first-order valence-electron chi connectivity index (χ1n) is 8.15. The fourth-order valence-corrected chi connectivity index (χ4v) is 3.02. The monoisotopic (exact) mass is 321 g/mol. The standard InChI is InChI=1S/C21H23NO2/c1-15(19-10-6-8-16-7-4-5-9-20(16)19)22-14-17-13-18(23-2)11-12-21(17)24-3/h4-13,15,22H,14H2,1-3H3. The Morgan fingerprint density at radius 1 is 0.917 bits per heavy atom. The van der Waals surface area contributed by atoms with Crippen LogP contribution in [0.4, 0.5) is 0 Å². The molecule has 1 unspecified atom stereocenters. The van der Waals surface area contributed by atoms with Crippen molar-refractivity contribution >= 4 is 10.8 Å². The molecule has 3 aromatic rings. The first-order valence-corrected chi connectivity index (χ1v) is 8.15. The lowest BCUT2D eigenvalue weighted by Gasteiger charge is -2.18. The molecule has 0 aromatic heterocycles. The molecule has 0 bridgehead atoms. The molecule has 0 aliphatic heterocycles. The Morgan fingerprint density at radius 3 is 2.50 bits per heavy atom. The first-order chi connectivity index (χ1) is 11.7. The molecule has 3 rings (SSSR count).